The minimum Gasteiger partial charge on any atom is -0.381 e. The standard InChI is InChI=1S/C20H33F5O/c1-3-4-12(2)10-26-11-13-5-18(24)20(19(25)6-13)14-7-16(22)15(9-21)17(23)8-14/h12-20H,3-11H2,1-2H3. The van der Waals surface area contributed by atoms with E-state index in [0.717, 1.165) is 12.8 Å². The molecule has 0 aromatic heterocycles. The molecule has 26 heavy (non-hydrogen) atoms. The van der Waals surface area contributed by atoms with Crippen LogP contribution in [0.15, 0.2) is 0 Å². The van der Waals surface area contributed by atoms with Gasteiger partial charge in [-0.15, -0.1) is 0 Å². The maximum Gasteiger partial charge on any atom is 0.108 e. The van der Waals surface area contributed by atoms with Crippen LogP contribution < -0.4 is 0 Å². The first-order valence-electron chi connectivity index (χ1n) is 10.1. The Bertz CT molecular complexity index is 386. The highest BCUT2D eigenvalue weighted by Crippen LogP contribution is 2.45. The lowest BCUT2D eigenvalue weighted by Crippen LogP contribution is -2.47. The molecule has 0 aromatic rings. The molecule has 154 valence electrons. The van der Waals surface area contributed by atoms with Gasteiger partial charge in [-0.25, -0.2) is 17.6 Å². The Labute approximate surface area is 154 Å². The van der Waals surface area contributed by atoms with Crippen molar-refractivity contribution < 1.29 is 26.7 Å². The molecule has 6 heteroatoms. The highest BCUT2D eigenvalue weighted by atomic mass is 19.2. The van der Waals surface area contributed by atoms with Gasteiger partial charge in [-0.3, -0.25) is 4.39 Å². The van der Waals surface area contributed by atoms with E-state index in [1.165, 1.54) is 0 Å². The van der Waals surface area contributed by atoms with Crippen LogP contribution in [0.2, 0.25) is 0 Å². The number of alkyl halides is 5. The summed E-state index contributed by atoms with van der Waals surface area (Å²) in [6, 6.07) is 0. The maximum atomic E-state index is 14.7. The van der Waals surface area contributed by atoms with Crippen LogP contribution in [-0.4, -0.2) is 44.6 Å². The van der Waals surface area contributed by atoms with Crippen LogP contribution in [0.1, 0.15) is 52.4 Å². The molecule has 2 rings (SSSR count). The van der Waals surface area contributed by atoms with Gasteiger partial charge in [0.05, 0.1) is 6.67 Å². The van der Waals surface area contributed by atoms with Crippen molar-refractivity contribution in [1.82, 2.24) is 0 Å². The lowest BCUT2D eigenvalue weighted by atomic mass is 9.66. The van der Waals surface area contributed by atoms with Crippen LogP contribution in [0.4, 0.5) is 22.0 Å². The summed E-state index contributed by atoms with van der Waals surface area (Å²) >= 11 is 0. The minimum atomic E-state index is -1.66. The average molecular weight is 384 g/mol. The molecule has 0 aromatic carbocycles. The lowest BCUT2D eigenvalue weighted by molar-refractivity contribution is -0.0585. The second-order valence-corrected chi connectivity index (χ2v) is 8.46. The molecule has 2 fully saturated rings. The molecule has 2 saturated carbocycles. The third-order valence-corrected chi connectivity index (χ3v) is 6.20. The monoisotopic (exact) mass is 384 g/mol. The molecule has 0 saturated heterocycles. The zero-order chi connectivity index (χ0) is 19.3. The number of hydrogen-bond acceptors (Lipinski definition) is 1. The fraction of sp³-hybridized carbons (Fsp3) is 1.00. The van der Waals surface area contributed by atoms with Crippen molar-refractivity contribution in [2.75, 3.05) is 19.9 Å². The van der Waals surface area contributed by atoms with Crippen LogP contribution in [0.25, 0.3) is 0 Å². The van der Waals surface area contributed by atoms with Gasteiger partial charge in [0, 0.05) is 25.0 Å². The van der Waals surface area contributed by atoms with E-state index in [4.69, 9.17) is 4.74 Å². The van der Waals surface area contributed by atoms with Gasteiger partial charge in [-0.1, -0.05) is 20.3 Å². The van der Waals surface area contributed by atoms with Crippen molar-refractivity contribution >= 4 is 0 Å². The topological polar surface area (TPSA) is 9.23 Å². The first-order valence-corrected chi connectivity index (χ1v) is 10.1. The Morgan fingerprint density at radius 3 is 2.00 bits per heavy atom. The number of rotatable bonds is 8. The van der Waals surface area contributed by atoms with Gasteiger partial charge in [0.25, 0.3) is 0 Å². The average Bonchev–Trinajstić information content (AvgIpc) is 2.54. The van der Waals surface area contributed by atoms with Gasteiger partial charge < -0.3 is 4.74 Å². The normalized spacial score (nSPS) is 42.6. The largest absolute Gasteiger partial charge is 0.381 e. The maximum absolute atomic E-state index is 14.7. The first kappa shape index (κ1) is 21.9. The van der Waals surface area contributed by atoms with Gasteiger partial charge in [-0.2, -0.15) is 0 Å². The molecule has 2 aliphatic carbocycles. The highest BCUT2D eigenvalue weighted by Gasteiger charge is 2.48. The van der Waals surface area contributed by atoms with E-state index < -0.39 is 49.1 Å². The van der Waals surface area contributed by atoms with E-state index in [1.54, 1.807) is 0 Å². The van der Waals surface area contributed by atoms with E-state index in [0.29, 0.717) is 19.1 Å². The summed E-state index contributed by atoms with van der Waals surface area (Å²) < 4.78 is 75.7. The molecule has 5 atom stereocenters. The Kier molecular flexibility index (Phi) is 8.62. The molecule has 5 unspecified atom stereocenters. The second kappa shape index (κ2) is 10.2. The van der Waals surface area contributed by atoms with Gasteiger partial charge >= 0.3 is 0 Å². The quantitative estimate of drug-likeness (QED) is 0.480. The van der Waals surface area contributed by atoms with Crippen molar-refractivity contribution in [3.8, 4) is 0 Å². The van der Waals surface area contributed by atoms with Crippen LogP contribution in [-0.2, 0) is 4.74 Å². The fourth-order valence-corrected chi connectivity index (χ4v) is 4.77. The zero-order valence-electron chi connectivity index (χ0n) is 15.9. The summed E-state index contributed by atoms with van der Waals surface area (Å²) in [7, 11) is 0. The Hall–Kier alpha value is -0.390. The number of hydrogen-bond donors (Lipinski definition) is 0. The van der Waals surface area contributed by atoms with Crippen LogP contribution in [0.5, 0.6) is 0 Å². The van der Waals surface area contributed by atoms with Crippen molar-refractivity contribution in [2.24, 2.45) is 29.6 Å². The van der Waals surface area contributed by atoms with Gasteiger partial charge in [0.2, 0.25) is 0 Å². The molecule has 0 amide bonds. The summed E-state index contributed by atoms with van der Waals surface area (Å²) in [5.41, 5.74) is 0. The third-order valence-electron chi connectivity index (χ3n) is 6.20. The van der Waals surface area contributed by atoms with Crippen molar-refractivity contribution in [3.05, 3.63) is 0 Å². The van der Waals surface area contributed by atoms with Crippen molar-refractivity contribution in [1.29, 1.82) is 0 Å². The molecule has 0 N–H and O–H groups in total. The molecular formula is C20H33F5O. The third kappa shape index (κ3) is 5.56. The molecule has 2 aliphatic rings. The van der Waals surface area contributed by atoms with E-state index in [2.05, 4.69) is 13.8 Å². The van der Waals surface area contributed by atoms with Gasteiger partial charge in [-0.05, 0) is 49.9 Å². The Morgan fingerprint density at radius 2 is 1.50 bits per heavy atom. The molecule has 0 spiro atoms. The van der Waals surface area contributed by atoms with E-state index >= 15 is 0 Å². The SMILES string of the molecule is CCCC(C)COCC1CC(F)C(C2CC(F)C(CF)C(F)C2)C(F)C1. The summed E-state index contributed by atoms with van der Waals surface area (Å²) in [4.78, 5) is 0. The van der Waals surface area contributed by atoms with Crippen LogP contribution in [0.3, 0.4) is 0 Å². The lowest BCUT2D eigenvalue weighted by Gasteiger charge is -2.43. The molecule has 0 radical (unpaired) electrons. The second-order valence-electron chi connectivity index (χ2n) is 8.46. The van der Waals surface area contributed by atoms with Crippen molar-refractivity contribution in [3.63, 3.8) is 0 Å². The predicted molar refractivity (Wildman–Crippen MR) is 92.9 cm³/mol. The van der Waals surface area contributed by atoms with Crippen LogP contribution in [0, 0.1) is 29.6 Å². The Morgan fingerprint density at radius 1 is 0.923 bits per heavy atom. The smallest absolute Gasteiger partial charge is 0.108 e. The Balaban J connectivity index is 1.84. The first-order chi connectivity index (χ1) is 12.4. The van der Waals surface area contributed by atoms with Gasteiger partial charge in [0.15, 0.2) is 0 Å². The summed E-state index contributed by atoms with van der Waals surface area (Å²) in [5, 5.41) is 0. The predicted octanol–water partition coefficient (Wildman–Crippen LogP) is 5.81. The fourth-order valence-electron chi connectivity index (χ4n) is 4.77. The van der Waals surface area contributed by atoms with E-state index in [1.807, 2.05) is 0 Å². The molecule has 0 heterocycles. The summed E-state index contributed by atoms with van der Waals surface area (Å²) in [6.45, 7) is 4.04. The summed E-state index contributed by atoms with van der Waals surface area (Å²) in [5.74, 6) is -2.74. The number of halogens is 5. The van der Waals surface area contributed by atoms with E-state index in [-0.39, 0.29) is 31.6 Å². The molecule has 0 aliphatic heterocycles. The zero-order valence-corrected chi connectivity index (χ0v) is 15.9. The number of ether oxygens (including phenoxy) is 1. The van der Waals surface area contributed by atoms with Crippen molar-refractivity contribution in [2.45, 2.75) is 77.1 Å². The minimum absolute atomic E-state index is 0.143. The highest BCUT2D eigenvalue weighted by molar-refractivity contribution is 4.96. The van der Waals surface area contributed by atoms with Crippen LogP contribution >= 0.6 is 0 Å². The summed E-state index contributed by atoms with van der Waals surface area (Å²) in [6.07, 6.45) is -3.98. The van der Waals surface area contributed by atoms with E-state index in [9.17, 15) is 22.0 Å². The molecular weight excluding hydrogens is 351 g/mol. The van der Waals surface area contributed by atoms with Gasteiger partial charge in [0.1, 0.15) is 24.7 Å². The molecule has 0 bridgehead atoms. The molecule has 1 nitrogen and oxygen atoms in total.